The van der Waals surface area contributed by atoms with Gasteiger partial charge in [-0.1, -0.05) is 170 Å². The molecule has 1 unspecified atom stereocenters. The Morgan fingerprint density at radius 2 is 0.855 bits per heavy atom. The van der Waals surface area contributed by atoms with E-state index < -0.39 is 57.7 Å². The summed E-state index contributed by atoms with van der Waals surface area (Å²) in [5, 5.41) is 8.90. The van der Waals surface area contributed by atoms with Crippen LogP contribution in [0, 0.1) is 0 Å². The Kier molecular flexibility index (Phi) is 41.9. The second-order valence-electron chi connectivity index (χ2n) is 15.5. The predicted molar refractivity (Wildman–Crippen MR) is 254 cm³/mol. The van der Waals surface area contributed by atoms with Gasteiger partial charge >= 0.3 is 25.7 Å². The average Bonchev–Trinajstić information content (AvgIpc) is 3.25. The Bertz CT molecular complexity index is 1370. The number of nitrogens with two attached hydrogens (primary N) is 1. The van der Waals surface area contributed by atoms with E-state index in [1.54, 1.807) is 0 Å². The minimum Gasteiger partial charge on any atom is -0.480 e. The van der Waals surface area contributed by atoms with Gasteiger partial charge in [-0.15, -0.1) is 0 Å². The number of esters is 2. The first kappa shape index (κ1) is 58.7. The lowest BCUT2D eigenvalue weighted by Gasteiger charge is -2.20. The highest BCUT2D eigenvalue weighted by molar-refractivity contribution is 7.47. The lowest BCUT2D eigenvalue weighted by Crippen LogP contribution is -2.34. The van der Waals surface area contributed by atoms with E-state index in [0.717, 1.165) is 38.5 Å². The molecule has 0 aromatic rings. The molecule has 0 aromatic carbocycles. The molecular formula is C50H84NO10P. The normalized spacial score (nSPS) is 14.4. The predicted octanol–water partition coefficient (Wildman–Crippen LogP) is 13.1. The average molecular weight is 890 g/mol. The fourth-order valence-electron chi connectivity index (χ4n) is 5.90. The van der Waals surface area contributed by atoms with E-state index >= 15 is 0 Å². The minimum absolute atomic E-state index is 0.0734. The number of carboxylic acids is 1. The largest absolute Gasteiger partial charge is 0.480 e. The third-order valence-electron chi connectivity index (χ3n) is 9.62. The van der Waals surface area contributed by atoms with Gasteiger partial charge in [0.05, 0.1) is 13.2 Å². The Balaban J connectivity index is 4.50. The molecule has 0 aliphatic heterocycles. The molecule has 12 heteroatoms. The van der Waals surface area contributed by atoms with E-state index in [1.165, 1.54) is 89.9 Å². The smallest absolute Gasteiger partial charge is 0.472 e. The molecule has 11 nitrogen and oxygen atoms in total. The van der Waals surface area contributed by atoms with Gasteiger partial charge < -0.3 is 25.2 Å². The maximum atomic E-state index is 12.6. The molecule has 0 saturated heterocycles. The summed E-state index contributed by atoms with van der Waals surface area (Å²) >= 11 is 0. The molecule has 0 aliphatic carbocycles. The highest BCUT2D eigenvalue weighted by Gasteiger charge is 2.28. The summed E-state index contributed by atoms with van der Waals surface area (Å²) in [6.45, 7) is 2.68. The topological polar surface area (TPSA) is 172 Å². The van der Waals surface area contributed by atoms with Crippen molar-refractivity contribution in [3.8, 4) is 0 Å². The monoisotopic (exact) mass is 890 g/mol. The number of aliphatic carboxylic acids is 1. The number of phosphoric acid groups is 1. The summed E-state index contributed by atoms with van der Waals surface area (Å²) < 4.78 is 32.6. The first-order valence-corrected chi connectivity index (χ1v) is 25.1. The molecule has 3 atom stereocenters. The SMILES string of the molecule is CCCCCCCC/C=C/C/C=C/C/C=C/CCCC(=O)O[C@H](COC(=O)CCC/C=C/C/C=C/C/C=C/C/C=C/CCCCCCCCC)COP(=O)(O)OC[C@H](N)C(=O)O. The van der Waals surface area contributed by atoms with Gasteiger partial charge in [0, 0.05) is 12.8 Å². The summed E-state index contributed by atoms with van der Waals surface area (Å²) in [4.78, 5) is 46.0. The Morgan fingerprint density at radius 1 is 0.500 bits per heavy atom. The lowest BCUT2D eigenvalue weighted by molar-refractivity contribution is -0.161. The van der Waals surface area contributed by atoms with Crippen molar-refractivity contribution >= 4 is 25.7 Å². The van der Waals surface area contributed by atoms with Crippen molar-refractivity contribution in [2.45, 2.75) is 193 Å². The summed E-state index contributed by atoms with van der Waals surface area (Å²) in [7, 11) is -4.75. The molecule has 0 amide bonds. The van der Waals surface area contributed by atoms with Gasteiger partial charge in [0.25, 0.3) is 0 Å². The number of rotatable bonds is 43. The zero-order valence-electron chi connectivity index (χ0n) is 38.4. The van der Waals surface area contributed by atoms with Crippen molar-refractivity contribution in [1.82, 2.24) is 0 Å². The van der Waals surface area contributed by atoms with Gasteiger partial charge in [-0.25, -0.2) is 4.57 Å². The molecule has 0 aromatic heterocycles. The quantitative estimate of drug-likeness (QED) is 0.0230. The number of unbranched alkanes of at least 4 members (excludes halogenated alkanes) is 15. The Hall–Kier alpha value is -3.34. The molecule has 0 radical (unpaired) electrons. The molecule has 0 heterocycles. The van der Waals surface area contributed by atoms with E-state index in [0.29, 0.717) is 25.7 Å². The molecule has 62 heavy (non-hydrogen) atoms. The minimum atomic E-state index is -4.75. The van der Waals surface area contributed by atoms with Crippen LogP contribution >= 0.6 is 7.82 Å². The maximum Gasteiger partial charge on any atom is 0.472 e. The maximum absolute atomic E-state index is 12.6. The molecule has 0 fully saturated rings. The van der Waals surface area contributed by atoms with Crippen LogP contribution in [0.1, 0.15) is 181 Å². The van der Waals surface area contributed by atoms with Crippen molar-refractivity contribution in [1.29, 1.82) is 0 Å². The van der Waals surface area contributed by atoms with Gasteiger partial charge in [0.15, 0.2) is 6.10 Å². The van der Waals surface area contributed by atoms with E-state index in [-0.39, 0.29) is 12.8 Å². The molecule has 354 valence electrons. The van der Waals surface area contributed by atoms with Crippen molar-refractivity contribution in [2.75, 3.05) is 19.8 Å². The fraction of sp³-hybridized carbons (Fsp3) is 0.660. The molecule has 0 aliphatic rings. The third kappa shape index (κ3) is 43.3. The van der Waals surface area contributed by atoms with Crippen molar-refractivity contribution in [3.63, 3.8) is 0 Å². The molecule has 4 N–H and O–H groups in total. The van der Waals surface area contributed by atoms with Crippen LogP contribution < -0.4 is 5.73 Å². The highest BCUT2D eigenvalue weighted by atomic mass is 31.2. The standard InChI is InChI=1S/C50H84NO10P/c1-3-5-7-9-11-13-15-17-19-21-22-23-24-26-27-29-31-33-35-37-39-41-48(52)58-43-46(44-59-62(56,57)60-45-47(51)50(54)55)61-49(53)42-40-38-36-34-32-30-28-25-20-18-16-14-12-10-8-6-4-2/h18-21,23-24,27-30,33-36,46-47H,3-17,22,25-26,31-32,37-45,51H2,1-2H3,(H,54,55)(H,56,57)/b20-18+,21-19+,24-23+,29-27+,30-28+,35-33+,36-34+/t46-,47+/m1/s1. The molecule has 0 bridgehead atoms. The van der Waals surface area contributed by atoms with Crippen LogP contribution in [0.5, 0.6) is 0 Å². The van der Waals surface area contributed by atoms with E-state index in [1.807, 2.05) is 24.3 Å². The summed E-state index contributed by atoms with van der Waals surface area (Å²) in [5.74, 6) is -2.53. The second-order valence-corrected chi connectivity index (χ2v) is 17.0. The van der Waals surface area contributed by atoms with E-state index in [2.05, 4.69) is 79.1 Å². The first-order chi connectivity index (χ1) is 30.1. The third-order valence-corrected chi connectivity index (χ3v) is 10.6. The van der Waals surface area contributed by atoms with Crippen LogP contribution in [-0.4, -0.2) is 59.9 Å². The van der Waals surface area contributed by atoms with Crippen LogP contribution in [0.4, 0.5) is 0 Å². The number of allylic oxidation sites excluding steroid dienone is 14. The van der Waals surface area contributed by atoms with Crippen LogP contribution in [0.25, 0.3) is 0 Å². The number of carboxylic acid groups (broad SMARTS) is 1. The van der Waals surface area contributed by atoms with Crippen LogP contribution in [0.3, 0.4) is 0 Å². The van der Waals surface area contributed by atoms with Crippen molar-refractivity contribution in [2.24, 2.45) is 5.73 Å². The second kappa shape index (κ2) is 44.3. The van der Waals surface area contributed by atoms with Gasteiger partial charge in [-0.05, 0) is 83.5 Å². The summed E-state index contributed by atoms with van der Waals surface area (Å²) in [6, 6.07) is -1.54. The fourth-order valence-corrected chi connectivity index (χ4v) is 6.67. The number of hydrogen-bond donors (Lipinski definition) is 3. The Labute approximate surface area is 375 Å². The zero-order valence-corrected chi connectivity index (χ0v) is 39.3. The van der Waals surface area contributed by atoms with Crippen LogP contribution in [0.2, 0.25) is 0 Å². The van der Waals surface area contributed by atoms with Crippen LogP contribution in [-0.2, 0) is 37.5 Å². The number of hydrogen-bond acceptors (Lipinski definition) is 9. The zero-order chi connectivity index (χ0) is 45.6. The van der Waals surface area contributed by atoms with E-state index in [4.69, 9.17) is 24.8 Å². The van der Waals surface area contributed by atoms with Gasteiger partial charge in [-0.3, -0.25) is 23.4 Å². The molecule has 0 rings (SSSR count). The van der Waals surface area contributed by atoms with Gasteiger partial charge in [-0.2, -0.15) is 0 Å². The number of phosphoric ester groups is 1. The molecule has 0 saturated carbocycles. The number of carbonyl (C=O) groups excluding carboxylic acids is 2. The Morgan fingerprint density at radius 3 is 1.27 bits per heavy atom. The lowest BCUT2D eigenvalue weighted by atomic mass is 10.1. The highest BCUT2D eigenvalue weighted by Crippen LogP contribution is 2.43. The molecule has 0 spiro atoms. The van der Waals surface area contributed by atoms with E-state index in [9.17, 15) is 23.8 Å². The van der Waals surface area contributed by atoms with Gasteiger partial charge in [0.1, 0.15) is 12.6 Å². The van der Waals surface area contributed by atoms with Crippen LogP contribution in [0.15, 0.2) is 85.1 Å². The van der Waals surface area contributed by atoms with Crippen molar-refractivity contribution < 1.29 is 47.5 Å². The number of ether oxygens (including phenoxy) is 2. The van der Waals surface area contributed by atoms with Crippen molar-refractivity contribution in [3.05, 3.63) is 85.1 Å². The van der Waals surface area contributed by atoms with Gasteiger partial charge in [0.2, 0.25) is 0 Å². The first-order valence-electron chi connectivity index (χ1n) is 23.6. The molecular weight excluding hydrogens is 806 g/mol. The number of carbonyl (C=O) groups is 3. The summed E-state index contributed by atoms with van der Waals surface area (Å²) in [5.41, 5.74) is 5.33. The summed E-state index contributed by atoms with van der Waals surface area (Å²) in [6.07, 6.45) is 55.2.